The Kier molecular flexibility index (Phi) is 5.38. The van der Waals surface area contributed by atoms with Crippen LogP contribution in [0, 0.1) is 5.82 Å². The molecule has 0 aliphatic carbocycles. The van der Waals surface area contributed by atoms with E-state index in [0.717, 1.165) is 29.7 Å². The fraction of sp³-hybridized carbons (Fsp3) is 0.346. The van der Waals surface area contributed by atoms with Crippen LogP contribution in [0.3, 0.4) is 0 Å². The molecule has 0 radical (unpaired) electrons. The first-order valence-electron chi connectivity index (χ1n) is 11.7. The van der Waals surface area contributed by atoms with E-state index in [4.69, 9.17) is 9.47 Å². The van der Waals surface area contributed by atoms with E-state index >= 15 is 0 Å². The first kappa shape index (κ1) is 21.9. The zero-order chi connectivity index (χ0) is 24.1. The van der Waals surface area contributed by atoms with Crippen LogP contribution in [0.1, 0.15) is 51.6 Å². The van der Waals surface area contributed by atoms with Gasteiger partial charge in [0.05, 0.1) is 23.8 Å². The van der Waals surface area contributed by atoms with Crippen LogP contribution in [0.2, 0.25) is 0 Å². The smallest absolute Gasteiger partial charge is 0.274 e. The Hall–Kier alpha value is -3.56. The second kappa shape index (κ2) is 8.58. The van der Waals surface area contributed by atoms with Crippen LogP contribution in [-0.4, -0.2) is 45.5 Å². The van der Waals surface area contributed by atoms with Crippen LogP contribution in [0.15, 0.2) is 41.3 Å². The summed E-state index contributed by atoms with van der Waals surface area (Å²) in [5, 5.41) is 0. The molecule has 1 amide bonds. The number of ether oxygens (including phenoxy) is 2. The number of H-pyrrole nitrogens is 1. The lowest BCUT2D eigenvalue weighted by atomic mass is 9.99. The minimum Gasteiger partial charge on any atom is -0.381 e. The molecule has 2 aliphatic rings. The minimum absolute atomic E-state index is 0.182. The van der Waals surface area contributed by atoms with E-state index in [-0.39, 0.29) is 36.4 Å². The quantitative estimate of drug-likeness (QED) is 0.487. The summed E-state index contributed by atoms with van der Waals surface area (Å²) in [5.41, 5.74) is 3.98. The van der Waals surface area contributed by atoms with Crippen molar-refractivity contribution in [3.05, 3.63) is 80.8 Å². The van der Waals surface area contributed by atoms with E-state index < -0.39 is 0 Å². The van der Waals surface area contributed by atoms with Crippen LogP contribution in [0.5, 0.6) is 0 Å². The molecule has 2 aliphatic heterocycles. The maximum atomic E-state index is 14.3. The second-order valence-electron chi connectivity index (χ2n) is 9.18. The zero-order valence-corrected chi connectivity index (χ0v) is 19.3. The third-order valence-electron chi connectivity index (χ3n) is 7.06. The third kappa shape index (κ3) is 3.62. The predicted octanol–water partition coefficient (Wildman–Crippen LogP) is 3.51. The monoisotopic (exact) mass is 476 g/mol. The number of carbonyl (C=O) groups is 1. The van der Waals surface area contributed by atoms with Gasteiger partial charge in [0.25, 0.3) is 11.5 Å². The Morgan fingerprint density at radius 3 is 2.83 bits per heavy atom. The van der Waals surface area contributed by atoms with Gasteiger partial charge in [-0.1, -0.05) is 12.1 Å². The van der Waals surface area contributed by atoms with Crippen molar-refractivity contribution in [1.82, 2.24) is 19.3 Å². The van der Waals surface area contributed by atoms with Gasteiger partial charge in [0, 0.05) is 50.5 Å². The van der Waals surface area contributed by atoms with Crippen molar-refractivity contribution in [2.45, 2.75) is 38.5 Å². The number of amides is 1. The summed E-state index contributed by atoms with van der Waals surface area (Å²) in [6, 6.07) is 8.51. The topological polar surface area (TPSA) is 88.9 Å². The first-order chi connectivity index (χ1) is 17.0. The van der Waals surface area contributed by atoms with Gasteiger partial charge in [0.2, 0.25) is 0 Å². The van der Waals surface area contributed by atoms with Crippen molar-refractivity contribution in [2.24, 2.45) is 0 Å². The summed E-state index contributed by atoms with van der Waals surface area (Å²) in [6.45, 7) is 2.08. The van der Waals surface area contributed by atoms with E-state index in [1.807, 2.05) is 16.5 Å². The molecule has 4 heterocycles. The first-order valence-corrected chi connectivity index (χ1v) is 11.7. The van der Waals surface area contributed by atoms with Gasteiger partial charge < -0.3 is 19.4 Å². The van der Waals surface area contributed by atoms with Crippen molar-refractivity contribution in [3.63, 3.8) is 0 Å². The van der Waals surface area contributed by atoms with Crippen molar-refractivity contribution in [3.8, 4) is 0 Å². The highest BCUT2D eigenvalue weighted by Gasteiger charge is 2.29. The summed E-state index contributed by atoms with van der Waals surface area (Å²) >= 11 is 0. The normalized spacial score (nSPS) is 16.3. The number of hydrogen-bond acceptors (Lipinski definition) is 5. The van der Waals surface area contributed by atoms with Gasteiger partial charge in [0.1, 0.15) is 17.2 Å². The molecule has 2 aromatic heterocycles. The molecule has 1 N–H and O–H groups in total. The molecule has 4 aromatic rings. The lowest BCUT2D eigenvalue weighted by Gasteiger charge is -2.22. The Labute approximate surface area is 200 Å². The van der Waals surface area contributed by atoms with Crippen LogP contribution in [-0.2, 0) is 29.2 Å². The molecule has 0 spiro atoms. The van der Waals surface area contributed by atoms with Crippen molar-refractivity contribution < 1.29 is 18.7 Å². The molecular formula is C26H25FN4O4. The molecule has 0 unspecified atom stereocenters. The fourth-order valence-corrected chi connectivity index (χ4v) is 5.30. The van der Waals surface area contributed by atoms with Gasteiger partial charge in [-0.15, -0.1) is 0 Å². The second-order valence-corrected chi connectivity index (χ2v) is 9.18. The Morgan fingerprint density at radius 1 is 1.23 bits per heavy atom. The number of nitrogens with one attached hydrogen (secondary N) is 1. The van der Waals surface area contributed by atoms with Crippen LogP contribution >= 0.6 is 0 Å². The molecule has 6 rings (SSSR count). The summed E-state index contributed by atoms with van der Waals surface area (Å²) in [5.74, 6) is 0.473. The Bertz CT molecular complexity index is 1520. The van der Waals surface area contributed by atoms with E-state index in [9.17, 15) is 14.0 Å². The summed E-state index contributed by atoms with van der Waals surface area (Å²) in [6.07, 6.45) is 3.27. The van der Waals surface area contributed by atoms with Gasteiger partial charge in [-0.3, -0.25) is 14.0 Å². The van der Waals surface area contributed by atoms with E-state index in [2.05, 4.69) is 9.97 Å². The molecule has 0 atom stereocenters. The number of benzene rings is 2. The molecule has 2 aromatic carbocycles. The summed E-state index contributed by atoms with van der Waals surface area (Å²) < 4.78 is 27.1. The SMILES string of the molecule is COCc1cc2c(cc1C(=O)N1Cc3cccc(F)c3C1)[nH]c(=O)c1cnc(C3CCOCC3)n12. The van der Waals surface area contributed by atoms with E-state index in [0.29, 0.717) is 47.5 Å². The molecule has 0 bridgehead atoms. The van der Waals surface area contributed by atoms with E-state index in [1.54, 1.807) is 30.3 Å². The molecule has 1 saturated heterocycles. The molecular weight excluding hydrogens is 451 g/mol. The molecule has 180 valence electrons. The molecule has 1 fully saturated rings. The number of halogens is 1. The Balaban J connectivity index is 1.48. The molecule has 35 heavy (non-hydrogen) atoms. The number of aromatic amines is 1. The number of hydrogen-bond donors (Lipinski definition) is 1. The zero-order valence-electron chi connectivity index (χ0n) is 19.3. The predicted molar refractivity (Wildman–Crippen MR) is 127 cm³/mol. The van der Waals surface area contributed by atoms with Gasteiger partial charge >= 0.3 is 0 Å². The molecule has 9 heteroatoms. The van der Waals surface area contributed by atoms with Crippen LogP contribution in [0.25, 0.3) is 16.6 Å². The van der Waals surface area contributed by atoms with Gasteiger partial charge in [-0.2, -0.15) is 0 Å². The molecule has 0 saturated carbocycles. The fourth-order valence-electron chi connectivity index (χ4n) is 5.30. The lowest BCUT2D eigenvalue weighted by molar-refractivity contribution is 0.0746. The number of carbonyl (C=O) groups excluding carboxylic acids is 1. The maximum Gasteiger partial charge on any atom is 0.274 e. The Morgan fingerprint density at radius 2 is 2.06 bits per heavy atom. The van der Waals surface area contributed by atoms with Crippen molar-refractivity contribution in [2.75, 3.05) is 20.3 Å². The number of nitrogens with zero attached hydrogens (tertiary/aromatic N) is 3. The summed E-state index contributed by atoms with van der Waals surface area (Å²) in [4.78, 5) is 35.7. The standard InChI is InChI=1S/C26H25FN4O4/c1-34-14-17-9-22-21(10-18(17)26(33)30-12-16-3-2-4-20(27)19(16)13-30)29-25(32)23-11-28-24(31(22)23)15-5-7-35-8-6-15/h2-4,9-11,15H,5-8,12-14H2,1H3,(H,29,32). The highest BCUT2D eigenvalue weighted by atomic mass is 19.1. The minimum atomic E-state index is -0.305. The van der Waals surface area contributed by atoms with E-state index in [1.165, 1.54) is 6.07 Å². The van der Waals surface area contributed by atoms with Crippen molar-refractivity contribution >= 4 is 22.5 Å². The van der Waals surface area contributed by atoms with Crippen LogP contribution in [0.4, 0.5) is 4.39 Å². The highest BCUT2D eigenvalue weighted by Crippen LogP contribution is 2.31. The largest absolute Gasteiger partial charge is 0.381 e. The number of rotatable bonds is 4. The number of imidazole rings is 1. The van der Waals surface area contributed by atoms with Crippen LogP contribution < -0.4 is 5.56 Å². The number of fused-ring (bicyclic) bond motifs is 4. The number of methoxy groups -OCH3 is 1. The lowest BCUT2D eigenvalue weighted by Crippen LogP contribution is -2.27. The van der Waals surface area contributed by atoms with Gasteiger partial charge in [-0.05, 0) is 42.2 Å². The van der Waals surface area contributed by atoms with Gasteiger partial charge in [-0.25, -0.2) is 9.37 Å². The summed E-state index contributed by atoms with van der Waals surface area (Å²) in [7, 11) is 1.58. The van der Waals surface area contributed by atoms with Crippen molar-refractivity contribution in [1.29, 1.82) is 0 Å². The number of aromatic nitrogens is 3. The molecule has 8 nitrogen and oxygen atoms in total. The maximum absolute atomic E-state index is 14.3. The average Bonchev–Trinajstić information content (AvgIpc) is 3.51. The highest BCUT2D eigenvalue weighted by molar-refractivity contribution is 5.99. The average molecular weight is 477 g/mol. The third-order valence-corrected chi connectivity index (χ3v) is 7.06. The van der Waals surface area contributed by atoms with Gasteiger partial charge in [0.15, 0.2) is 0 Å².